The SMILES string of the molecule is O=C1OC(=O)C2CC1C1C2C2C3CC(C(=O)OC3=O)C12. The summed E-state index contributed by atoms with van der Waals surface area (Å²) in [6.07, 6.45) is 1.06. The second kappa shape index (κ2) is 3.13. The van der Waals surface area contributed by atoms with Crippen LogP contribution in [-0.4, -0.2) is 23.9 Å². The molecular weight excluding hydrogens is 264 g/mol. The fourth-order valence-corrected chi connectivity index (χ4v) is 5.72. The summed E-state index contributed by atoms with van der Waals surface area (Å²) < 4.78 is 9.63. The monoisotopic (exact) mass is 276 g/mol. The summed E-state index contributed by atoms with van der Waals surface area (Å²) in [5.41, 5.74) is 0. The van der Waals surface area contributed by atoms with Crippen molar-refractivity contribution in [2.75, 3.05) is 0 Å². The standard InChI is InChI=1S/C14H12O6/c15-11-3-1-4(12(16)19-11)8-7(3)9-5-2-6(10(8)9)14(18)20-13(5)17/h3-10H,1-2H2. The van der Waals surface area contributed by atoms with Crippen molar-refractivity contribution < 1.29 is 28.7 Å². The maximum Gasteiger partial charge on any atom is 0.316 e. The number of cyclic esters (lactones) is 4. The van der Waals surface area contributed by atoms with Gasteiger partial charge in [0, 0.05) is 0 Å². The van der Waals surface area contributed by atoms with Gasteiger partial charge in [-0.3, -0.25) is 19.2 Å². The molecule has 0 aromatic rings. The van der Waals surface area contributed by atoms with Crippen LogP contribution in [0, 0.1) is 47.3 Å². The maximum absolute atomic E-state index is 11.9. The van der Waals surface area contributed by atoms with Crippen LogP contribution >= 0.6 is 0 Å². The highest BCUT2D eigenvalue weighted by molar-refractivity contribution is 5.95. The third kappa shape index (κ3) is 0.980. The van der Waals surface area contributed by atoms with Gasteiger partial charge in [0.25, 0.3) is 0 Å². The molecule has 20 heavy (non-hydrogen) atoms. The molecule has 5 rings (SSSR count). The van der Waals surface area contributed by atoms with E-state index in [-0.39, 0.29) is 47.3 Å². The van der Waals surface area contributed by atoms with Crippen LogP contribution in [0.4, 0.5) is 0 Å². The Morgan fingerprint density at radius 1 is 0.550 bits per heavy atom. The van der Waals surface area contributed by atoms with Gasteiger partial charge in [-0.05, 0) is 36.5 Å². The van der Waals surface area contributed by atoms with Crippen LogP contribution in [0.15, 0.2) is 0 Å². The van der Waals surface area contributed by atoms with Crippen LogP contribution in [0.25, 0.3) is 0 Å². The normalized spacial score (nSPS) is 54.8. The number of carbonyl (C=O) groups is 4. The Morgan fingerprint density at radius 3 is 1.05 bits per heavy atom. The summed E-state index contributed by atoms with van der Waals surface area (Å²) in [7, 11) is 0. The van der Waals surface area contributed by atoms with Gasteiger partial charge in [-0.15, -0.1) is 0 Å². The second-order valence-electron chi connectivity index (χ2n) is 6.69. The molecule has 3 saturated carbocycles. The van der Waals surface area contributed by atoms with Crippen LogP contribution in [0.1, 0.15) is 12.8 Å². The van der Waals surface area contributed by atoms with Gasteiger partial charge in [0.05, 0.1) is 23.7 Å². The van der Waals surface area contributed by atoms with Crippen molar-refractivity contribution in [3.8, 4) is 0 Å². The Balaban J connectivity index is 1.59. The third-order valence-electron chi connectivity index (χ3n) is 6.27. The zero-order valence-corrected chi connectivity index (χ0v) is 10.5. The Labute approximate surface area is 113 Å². The van der Waals surface area contributed by atoms with Gasteiger partial charge in [-0.25, -0.2) is 0 Å². The molecule has 0 spiro atoms. The topological polar surface area (TPSA) is 86.7 Å². The smallest absolute Gasteiger partial charge is 0.316 e. The number of esters is 4. The minimum absolute atomic E-state index is 0.0254. The Kier molecular flexibility index (Phi) is 1.72. The van der Waals surface area contributed by atoms with E-state index in [0.29, 0.717) is 12.8 Å². The van der Waals surface area contributed by atoms with E-state index in [1.807, 2.05) is 0 Å². The summed E-state index contributed by atoms with van der Waals surface area (Å²) in [5.74, 6) is -2.77. The molecule has 0 radical (unpaired) electrons. The fourth-order valence-electron chi connectivity index (χ4n) is 5.72. The molecule has 0 amide bonds. The molecule has 5 fully saturated rings. The maximum atomic E-state index is 11.9. The van der Waals surface area contributed by atoms with Crippen molar-refractivity contribution in [1.29, 1.82) is 0 Å². The molecule has 0 aromatic carbocycles. The number of fused-ring (bicyclic) bond motifs is 12. The molecule has 5 aliphatic rings. The van der Waals surface area contributed by atoms with E-state index in [2.05, 4.69) is 0 Å². The average Bonchev–Trinajstić information content (AvgIpc) is 2.80. The van der Waals surface area contributed by atoms with E-state index in [1.165, 1.54) is 0 Å². The first-order chi connectivity index (χ1) is 9.58. The lowest BCUT2D eigenvalue weighted by Gasteiger charge is -2.48. The summed E-state index contributed by atoms with van der Waals surface area (Å²) in [6, 6.07) is 0. The number of carbonyl (C=O) groups excluding carboxylic acids is 4. The molecule has 3 aliphatic carbocycles. The van der Waals surface area contributed by atoms with Crippen LogP contribution in [0.3, 0.4) is 0 Å². The summed E-state index contributed by atoms with van der Waals surface area (Å²) in [4.78, 5) is 47.4. The van der Waals surface area contributed by atoms with Crippen LogP contribution in [0.2, 0.25) is 0 Å². The van der Waals surface area contributed by atoms with Crippen LogP contribution in [0.5, 0.6) is 0 Å². The van der Waals surface area contributed by atoms with E-state index >= 15 is 0 Å². The van der Waals surface area contributed by atoms with Crippen molar-refractivity contribution in [3.05, 3.63) is 0 Å². The first-order valence-electron chi connectivity index (χ1n) is 7.09. The highest BCUT2D eigenvalue weighted by atomic mass is 16.6. The molecule has 6 nitrogen and oxygen atoms in total. The lowest BCUT2D eigenvalue weighted by Crippen LogP contribution is -2.50. The van der Waals surface area contributed by atoms with Gasteiger partial charge < -0.3 is 9.47 Å². The molecule has 2 aliphatic heterocycles. The van der Waals surface area contributed by atoms with E-state index in [9.17, 15) is 19.2 Å². The average molecular weight is 276 g/mol. The van der Waals surface area contributed by atoms with E-state index in [4.69, 9.17) is 9.47 Å². The van der Waals surface area contributed by atoms with Crippen LogP contribution < -0.4 is 0 Å². The van der Waals surface area contributed by atoms with Crippen LogP contribution in [-0.2, 0) is 28.7 Å². The van der Waals surface area contributed by atoms with Gasteiger partial charge >= 0.3 is 23.9 Å². The van der Waals surface area contributed by atoms with Crippen molar-refractivity contribution >= 4 is 23.9 Å². The summed E-state index contributed by atoms with van der Waals surface area (Å²) >= 11 is 0. The van der Waals surface area contributed by atoms with Crippen molar-refractivity contribution in [3.63, 3.8) is 0 Å². The third-order valence-corrected chi connectivity index (χ3v) is 6.27. The molecule has 104 valence electrons. The molecule has 2 heterocycles. The minimum atomic E-state index is -0.446. The first kappa shape index (κ1) is 11.0. The molecule has 0 aromatic heterocycles. The van der Waals surface area contributed by atoms with E-state index < -0.39 is 23.9 Å². The zero-order valence-electron chi connectivity index (χ0n) is 10.5. The van der Waals surface area contributed by atoms with Gasteiger partial charge in [0.1, 0.15) is 0 Å². The predicted molar refractivity (Wildman–Crippen MR) is 59.4 cm³/mol. The van der Waals surface area contributed by atoms with Crippen molar-refractivity contribution in [1.82, 2.24) is 0 Å². The lowest BCUT2D eigenvalue weighted by atomic mass is 9.53. The summed E-state index contributed by atoms with van der Waals surface area (Å²) in [5, 5.41) is 0. The largest absolute Gasteiger partial charge is 0.393 e. The second-order valence-corrected chi connectivity index (χ2v) is 6.69. The van der Waals surface area contributed by atoms with Gasteiger partial charge in [-0.1, -0.05) is 0 Å². The van der Waals surface area contributed by atoms with Gasteiger partial charge in [0.15, 0.2) is 0 Å². The predicted octanol–water partition coefficient (Wildman–Crippen LogP) is -0.0962. The minimum Gasteiger partial charge on any atom is -0.393 e. The highest BCUT2D eigenvalue weighted by Crippen LogP contribution is 2.71. The fraction of sp³-hybridized carbons (Fsp3) is 0.714. The lowest BCUT2D eigenvalue weighted by molar-refractivity contribution is -0.172. The molecule has 4 atom stereocenters. The Bertz CT molecular complexity index is 486. The van der Waals surface area contributed by atoms with E-state index in [1.54, 1.807) is 0 Å². The van der Waals surface area contributed by atoms with E-state index in [0.717, 1.165) is 0 Å². The van der Waals surface area contributed by atoms with Gasteiger partial charge in [-0.2, -0.15) is 0 Å². The summed E-state index contributed by atoms with van der Waals surface area (Å²) in [6.45, 7) is 0. The molecule has 4 unspecified atom stereocenters. The highest BCUT2D eigenvalue weighted by Gasteiger charge is 2.75. The molecule has 4 bridgehead atoms. The van der Waals surface area contributed by atoms with Gasteiger partial charge in [0.2, 0.25) is 0 Å². The van der Waals surface area contributed by atoms with Crippen molar-refractivity contribution in [2.45, 2.75) is 12.8 Å². The number of rotatable bonds is 0. The zero-order chi connectivity index (χ0) is 13.8. The quantitative estimate of drug-likeness (QED) is 0.454. The number of hydrogen-bond donors (Lipinski definition) is 0. The molecule has 6 heteroatoms. The Hall–Kier alpha value is -1.72. The first-order valence-corrected chi connectivity index (χ1v) is 7.09. The number of hydrogen-bond acceptors (Lipinski definition) is 6. The number of ether oxygens (including phenoxy) is 2. The molecular formula is C14H12O6. The molecule has 2 saturated heterocycles. The molecule has 0 N–H and O–H groups in total. The van der Waals surface area contributed by atoms with Crippen molar-refractivity contribution in [2.24, 2.45) is 47.3 Å². The Morgan fingerprint density at radius 2 is 0.800 bits per heavy atom.